The molecule has 5 heteroatoms. The molecule has 0 saturated carbocycles. The van der Waals surface area contributed by atoms with Crippen molar-refractivity contribution in [2.24, 2.45) is 4.99 Å². The minimum Gasteiger partial charge on any atom is -0.496 e. The SMILES string of the molecule is CCCN(CC)CCNC(=NC)NCc1ccc(C)cc1OC. The van der Waals surface area contributed by atoms with Crippen LogP contribution >= 0.6 is 0 Å². The van der Waals surface area contributed by atoms with Crippen molar-refractivity contribution in [2.75, 3.05) is 40.3 Å². The molecule has 0 aliphatic rings. The van der Waals surface area contributed by atoms with Crippen molar-refractivity contribution in [3.05, 3.63) is 29.3 Å². The largest absolute Gasteiger partial charge is 0.496 e. The van der Waals surface area contributed by atoms with Crippen LogP contribution in [0.25, 0.3) is 0 Å². The van der Waals surface area contributed by atoms with E-state index < -0.39 is 0 Å². The fourth-order valence-corrected chi connectivity index (χ4v) is 2.47. The van der Waals surface area contributed by atoms with Gasteiger partial charge in [-0.15, -0.1) is 0 Å². The van der Waals surface area contributed by atoms with Crippen LogP contribution < -0.4 is 15.4 Å². The number of benzene rings is 1. The van der Waals surface area contributed by atoms with E-state index in [0.717, 1.165) is 43.5 Å². The highest BCUT2D eigenvalue weighted by Crippen LogP contribution is 2.19. The number of nitrogens with zero attached hydrogens (tertiary/aromatic N) is 2. The van der Waals surface area contributed by atoms with Crippen LogP contribution in [0, 0.1) is 6.92 Å². The summed E-state index contributed by atoms with van der Waals surface area (Å²) >= 11 is 0. The first-order chi connectivity index (χ1) is 11.1. The molecule has 0 amide bonds. The lowest BCUT2D eigenvalue weighted by Crippen LogP contribution is -2.41. The number of likely N-dealkylation sites (N-methyl/N-ethyl adjacent to an activating group) is 1. The Bertz CT molecular complexity index is 488. The third kappa shape index (κ3) is 6.91. The Morgan fingerprint density at radius 1 is 1.22 bits per heavy atom. The van der Waals surface area contributed by atoms with Gasteiger partial charge in [0.15, 0.2) is 5.96 Å². The molecule has 1 rings (SSSR count). The minimum atomic E-state index is 0.690. The molecule has 0 saturated heterocycles. The van der Waals surface area contributed by atoms with Crippen molar-refractivity contribution in [3.8, 4) is 5.75 Å². The zero-order valence-electron chi connectivity index (χ0n) is 15.3. The Morgan fingerprint density at radius 3 is 2.61 bits per heavy atom. The molecule has 0 atom stereocenters. The normalized spacial score (nSPS) is 11.7. The summed E-state index contributed by atoms with van der Waals surface area (Å²) in [5.41, 5.74) is 2.32. The average Bonchev–Trinajstić information content (AvgIpc) is 2.57. The Morgan fingerprint density at radius 2 is 2.00 bits per heavy atom. The van der Waals surface area contributed by atoms with Gasteiger partial charge in [-0.25, -0.2) is 0 Å². The van der Waals surface area contributed by atoms with Gasteiger partial charge in [0.05, 0.1) is 7.11 Å². The standard InChI is InChI=1S/C18H32N4O/c1-6-11-22(7-2)12-10-20-18(19-4)21-14-16-9-8-15(3)13-17(16)23-5/h8-9,13H,6-7,10-12,14H2,1-5H3,(H2,19,20,21). The maximum absolute atomic E-state index is 5.44. The molecular formula is C18H32N4O. The summed E-state index contributed by atoms with van der Waals surface area (Å²) in [4.78, 5) is 6.71. The second-order valence-electron chi connectivity index (χ2n) is 5.60. The maximum atomic E-state index is 5.44. The molecule has 0 aliphatic carbocycles. The van der Waals surface area contributed by atoms with Crippen molar-refractivity contribution in [1.82, 2.24) is 15.5 Å². The van der Waals surface area contributed by atoms with E-state index in [9.17, 15) is 0 Å². The number of ether oxygens (including phenoxy) is 1. The van der Waals surface area contributed by atoms with Crippen LogP contribution in [0.15, 0.2) is 23.2 Å². The van der Waals surface area contributed by atoms with Crippen molar-refractivity contribution in [3.63, 3.8) is 0 Å². The van der Waals surface area contributed by atoms with Crippen LogP contribution in [0.5, 0.6) is 5.75 Å². The lowest BCUT2D eigenvalue weighted by molar-refractivity contribution is 0.293. The first-order valence-electron chi connectivity index (χ1n) is 8.44. The number of nitrogens with one attached hydrogen (secondary N) is 2. The summed E-state index contributed by atoms with van der Waals surface area (Å²) in [7, 11) is 3.50. The highest BCUT2D eigenvalue weighted by molar-refractivity contribution is 5.79. The average molecular weight is 320 g/mol. The van der Waals surface area contributed by atoms with E-state index in [1.165, 1.54) is 12.0 Å². The van der Waals surface area contributed by atoms with Gasteiger partial charge < -0.3 is 20.3 Å². The second-order valence-corrected chi connectivity index (χ2v) is 5.60. The summed E-state index contributed by atoms with van der Waals surface area (Å²) < 4.78 is 5.44. The lowest BCUT2D eigenvalue weighted by atomic mass is 10.1. The zero-order valence-corrected chi connectivity index (χ0v) is 15.3. The van der Waals surface area contributed by atoms with Gasteiger partial charge in [0.2, 0.25) is 0 Å². The lowest BCUT2D eigenvalue weighted by Gasteiger charge is -2.20. The van der Waals surface area contributed by atoms with Crippen molar-refractivity contribution in [2.45, 2.75) is 33.7 Å². The van der Waals surface area contributed by atoms with Crippen LogP contribution in [0.3, 0.4) is 0 Å². The molecule has 0 aliphatic heterocycles. The number of guanidine groups is 1. The van der Waals surface area contributed by atoms with Gasteiger partial charge in [-0.05, 0) is 38.1 Å². The van der Waals surface area contributed by atoms with Crippen LogP contribution in [-0.2, 0) is 6.54 Å². The van der Waals surface area contributed by atoms with Crippen LogP contribution in [-0.4, -0.2) is 51.2 Å². The molecule has 1 aromatic carbocycles. The zero-order chi connectivity index (χ0) is 17.1. The molecule has 0 fully saturated rings. The van der Waals surface area contributed by atoms with E-state index in [-0.39, 0.29) is 0 Å². The Balaban J connectivity index is 2.45. The Kier molecular flexibility index (Phi) is 9.14. The monoisotopic (exact) mass is 320 g/mol. The van der Waals surface area contributed by atoms with E-state index in [0.29, 0.717) is 6.54 Å². The van der Waals surface area contributed by atoms with Gasteiger partial charge in [-0.1, -0.05) is 26.0 Å². The predicted octanol–water partition coefficient (Wildman–Crippen LogP) is 2.40. The molecule has 5 nitrogen and oxygen atoms in total. The summed E-state index contributed by atoms with van der Waals surface area (Å²) in [6.45, 7) is 11.3. The third-order valence-corrected chi connectivity index (χ3v) is 3.82. The van der Waals surface area contributed by atoms with Gasteiger partial charge in [0, 0.05) is 32.2 Å². The first kappa shape index (κ1) is 19.3. The van der Waals surface area contributed by atoms with E-state index >= 15 is 0 Å². The van der Waals surface area contributed by atoms with Gasteiger partial charge in [0.1, 0.15) is 5.75 Å². The number of methoxy groups -OCH3 is 1. The molecular weight excluding hydrogens is 288 g/mol. The second kappa shape index (κ2) is 10.9. The third-order valence-electron chi connectivity index (χ3n) is 3.82. The number of aryl methyl sites for hydroxylation is 1. The molecule has 0 heterocycles. The minimum absolute atomic E-state index is 0.690. The van der Waals surface area contributed by atoms with Crippen molar-refractivity contribution in [1.29, 1.82) is 0 Å². The maximum Gasteiger partial charge on any atom is 0.191 e. The fraction of sp³-hybridized carbons (Fsp3) is 0.611. The number of hydrogen-bond acceptors (Lipinski definition) is 3. The van der Waals surface area contributed by atoms with Gasteiger partial charge in [-0.2, -0.15) is 0 Å². The summed E-state index contributed by atoms with van der Waals surface area (Å²) in [5.74, 6) is 1.73. The van der Waals surface area contributed by atoms with Gasteiger partial charge >= 0.3 is 0 Å². The summed E-state index contributed by atoms with van der Waals surface area (Å²) in [6.07, 6.45) is 1.19. The molecule has 0 bridgehead atoms. The van der Waals surface area contributed by atoms with Gasteiger partial charge in [0.25, 0.3) is 0 Å². The predicted molar refractivity (Wildman–Crippen MR) is 98.3 cm³/mol. The van der Waals surface area contributed by atoms with E-state index in [1.54, 1.807) is 14.2 Å². The highest BCUT2D eigenvalue weighted by atomic mass is 16.5. The van der Waals surface area contributed by atoms with Crippen LogP contribution in [0.4, 0.5) is 0 Å². The summed E-state index contributed by atoms with van der Waals surface area (Å²) in [6, 6.07) is 6.24. The summed E-state index contributed by atoms with van der Waals surface area (Å²) in [5, 5.41) is 6.71. The highest BCUT2D eigenvalue weighted by Gasteiger charge is 2.05. The Labute approximate surface area is 141 Å². The molecule has 0 aromatic heterocycles. The molecule has 130 valence electrons. The van der Waals surface area contributed by atoms with E-state index in [2.05, 4.69) is 59.5 Å². The fourth-order valence-electron chi connectivity index (χ4n) is 2.47. The molecule has 0 unspecified atom stereocenters. The molecule has 0 radical (unpaired) electrons. The Hall–Kier alpha value is -1.75. The number of aliphatic imine (C=N–C) groups is 1. The van der Waals surface area contributed by atoms with E-state index in [1.807, 2.05) is 0 Å². The quantitative estimate of drug-likeness (QED) is 0.542. The molecule has 23 heavy (non-hydrogen) atoms. The number of hydrogen-bond donors (Lipinski definition) is 2. The van der Waals surface area contributed by atoms with Crippen molar-refractivity contribution < 1.29 is 4.74 Å². The van der Waals surface area contributed by atoms with Crippen LogP contribution in [0.2, 0.25) is 0 Å². The van der Waals surface area contributed by atoms with Gasteiger partial charge in [-0.3, -0.25) is 4.99 Å². The topological polar surface area (TPSA) is 48.9 Å². The van der Waals surface area contributed by atoms with E-state index in [4.69, 9.17) is 4.74 Å². The molecule has 2 N–H and O–H groups in total. The molecule has 0 spiro atoms. The number of rotatable bonds is 9. The first-order valence-corrected chi connectivity index (χ1v) is 8.44. The smallest absolute Gasteiger partial charge is 0.191 e. The van der Waals surface area contributed by atoms with Crippen molar-refractivity contribution >= 4 is 5.96 Å². The van der Waals surface area contributed by atoms with Crippen LogP contribution in [0.1, 0.15) is 31.4 Å². The molecule has 1 aromatic rings.